The highest BCUT2D eigenvalue weighted by molar-refractivity contribution is 5.97. The van der Waals surface area contributed by atoms with Gasteiger partial charge in [0.2, 0.25) is 0 Å². The SMILES string of the molecule is COC(=O)/C(Cc1ccccc1)=C(/C)c1ccccc1. The topological polar surface area (TPSA) is 26.3 Å². The normalized spacial score (nSPS) is 11.7. The maximum atomic E-state index is 12.1. The predicted molar refractivity (Wildman–Crippen MR) is 81.2 cm³/mol. The molecule has 0 amide bonds. The summed E-state index contributed by atoms with van der Waals surface area (Å²) in [5, 5.41) is 0. The lowest BCUT2D eigenvalue weighted by Gasteiger charge is -2.11. The first kappa shape index (κ1) is 14.1. The fourth-order valence-electron chi connectivity index (χ4n) is 2.14. The summed E-state index contributed by atoms with van der Waals surface area (Å²) in [6, 6.07) is 19.9. The Bertz CT molecular complexity index is 598. The maximum absolute atomic E-state index is 12.1. The number of benzene rings is 2. The molecule has 2 heteroatoms. The molecule has 0 saturated carbocycles. The van der Waals surface area contributed by atoms with E-state index in [0.717, 1.165) is 16.7 Å². The Hall–Kier alpha value is -2.35. The first-order valence-corrected chi connectivity index (χ1v) is 6.59. The quantitative estimate of drug-likeness (QED) is 0.620. The number of allylic oxidation sites excluding steroid dienone is 1. The fraction of sp³-hybridized carbons (Fsp3) is 0.167. The number of ether oxygens (including phenoxy) is 1. The summed E-state index contributed by atoms with van der Waals surface area (Å²) in [4.78, 5) is 12.1. The van der Waals surface area contributed by atoms with Crippen molar-refractivity contribution >= 4 is 11.5 Å². The number of hydrogen-bond acceptors (Lipinski definition) is 2. The van der Waals surface area contributed by atoms with E-state index in [0.29, 0.717) is 12.0 Å². The zero-order chi connectivity index (χ0) is 14.4. The molecule has 2 aromatic carbocycles. The molecule has 0 aliphatic carbocycles. The Morgan fingerprint density at radius 1 is 0.950 bits per heavy atom. The molecule has 0 N–H and O–H groups in total. The van der Waals surface area contributed by atoms with E-state index in [4.69, 9.17) is 4.74 Å². The summed E-state index contributed by atoms with van der Waals surface area (Å²) in [6.07, 6.45) is 0.578. The van der Waals surface area contributed by atoms with Gasteiger partial charge in [0, 0.05) is 12.0 Å². The van der Waals surface area contributed by atoms with E-state index >= 15 is 0 Å². The third kappa shape index (κ3) is 3.35. The molecule has 0 fully saturated rings. The van der Waals surface area contributed by atoms with Gasteiger partial charge in [0.05, 0.1) is 7.11 Å². The second-order valence-corrected chi connectivity index (χ2v) is 4.62. The Balaban J connectivity index is 2.40. The molecular formula is C18H18O2. The lowest BCUT2D eigenvalue weighted by Crippen LogP contribution is -2.09. The van der Waals surface area contributed by atoms with E-state index in [1.165, 1.54) is 7.11 Å². The third-order valence-corrected chi connectivity index (χ3v) is 3.31. The van der Waals surface area contributed by atoms with Crippen LogP contribution in [0.15, 0.2) is 66.2 Å². The molecule has 0 radical (unpaired) electrons. The van der Waals surface area contributed by atoms with Crippen molar-refractivity contribution in [1.29, 1.82) is 0 Å². The summed E-state index contributed by atoms with van der Waals surface area (Å²) in [7, 11) is 1.42. The average molecular weight is 266 g/mol. The molecule has 0 heterocycles. The lowest BCUT2D eigenvalue weighted by molar-refractivity contribution is -0.136. The van der Waals surface area contributed by atoms with Gasteiger partial charge in [-0.1, -0.05) is 60.7 Å². The maximum Gasteiger partial charge on any atom is 0.334 e. The second-order valence-electron chi connectivity index (χ2n) is 4.62. The van der Waals surface area contributed by atoms with Gasteiger partial charge in [0.25, 0.3) is 0 Å². The minimum atomic E-state index is -0.268. The molecule has 2 aromatic rings. The molecule has 0 spiro atoms. The Labute approximate surface area is 119 Å². The Morgan fingerprint density at radius 3 is 2.05 bits per heavy atom. The first-order valence-electron chi connectivity index (χ1n) is 6.59. The molecule has 20 heavy (non-hydrogen) atoms. The van der Waals surface area contributed by atoms with Gasteiger partial charge in [-0.2, -0.15) is 0 Å². The van der Waals surface area contributed by atoms with Gasteiger partial charge >= 0.3 is 5.97 Å². The van der Waals surface area contributed by atoms with Crippen LogP contribution in [0.3, 0.4) is 0 Å². The molecule has 0 aliphatic rings. The van der Waals surface area contributed by atoms with Gasteiger partial charge in [-0.05, 0) is 23.6 Å². The molecule has 0 aliphatic heterocycles. The van der Waals surface area contributed by atoms with Gasteiger partial charge in [0.15, 0.2) is 0 Å². The van der Waals surface area contributed by atoms with Crippen LogP contribution in [0.1, 0.15) is 18.1 Å². The first-order chi connectivity index (χ1) is 9.72. The predicted octanol–water partition coefficient (Wildman–Crippen LogP) is 3.88. The van der Waals surface area contributed by atoms with Crippen LogP contribution in [0.4, 0.5) is 0 Å². The van der Waals surface area contributed by atoms with Crippen LogP contribution in [0.5, 0.6) is 0 Å². The summed E-state index contributed by atoms with van der Waals surface area (Å²) < 4.78 is 4.93. The third-order valence-electron chi connectivity index (χ3n) is 3.31. The largest absolute Gasteiger partial charge is 0.466 e. The van der Waals surface area contributed by atoms with E-state index in [9.17, 15) is 4.79 Å². The Kier molecular flexibility index (Phi) is 4.72. The highest BCUT2D eigenvalue weighted by Gasteiger charge is 2.15. The van der Waals surface area contributed by atoms with Crippen molar-refractivity contribution < 1.29 is 9.53 Å². The van der Waals surface area contributed by atoms with Crippen LogP contribution in [0.2, 0.25) is 0 Å². The van der Waals surface area contributed by atoms with Crippen molar-refractivity contribution in [2.45, 2.75) is 13.3 Å². The van der Waals surface area contributed by atoms with Crippen LogP contribution in [0, 0.1) is 0 Å². The van der Waals surface area contributed by atoms with E-state index in [1.54, 1.807) is 0 Å². The second kappa shape index (κ2) is 6.71. The molecule has 2 rings (SSSR count). The van der Waals surface area contributed by atoms with E-state index in [2.05, 4.69) is 0 Å². The summed E-state index contributed by atoms with van der Waals surface area (Å²) >= 11 is 0. The standard InChI is InChI=1S/C18H18O2/c1-14(16-11-7-4-8-12-16)17(18(19)20-2)13-15-9-5-3-6-10-15/h3-12H,13H2,1-2H3/b17-14-. The molecule has 0 saturated heterocycles. The van der Waals surface area contributed by atoms with Gasteiger partial charge in [-0.25, -0.2) is 4.79 Å². The highest BCUT2D eigenvalue weighted by Crippen LogP contribution is 2.22. The number of hydrogen-bond donors (Lipinski definition) is 0. The van der Waals surface area contributed by atoms with Gasteiger partial charge in [-0.3, -0.25) is 0 Å². The summed E-state index contributed by atoms with van der Waals surface area (Å²) in [5.74, 6) is -0.268. The van der Waals surface area contributed by atoms with Crippen molar-refractivity contribution in [3.63, 3.8) is 0 Å². The van der Waals surface area contributed by atoms with Crippen LogP contribution >= 0.6 is 0 Å². The van der Waals surface area contributed by atoms with Crippen molar-refractivity contribution in [3.05, 3.63) is 77.4 Å². The van der Waals surface area contributed by atoms with Crippen molar-refractivity contribution in [2.24, 2.45) is 0 Å². The van der Waals surface area contributed by atoms with Crippen LogP contribution in [-0.4, -0.2) is 13.1 Å². The van der Waals surface area contributed by atoms with Gasteiger partial charge in [0.1, 0.15) is 0 Å². The number of esters is 1. The van der Waals surface area contributed by atoms with E-state index in [1.807, 2.05) is 67.6 Å². The average Bonchev–Trinajstić information content (AvgIpc) is 2.53. The number of carbonyl (C=O) groups is 1. The van der Waals surface area contributed by atoms with Crippen LogP contribution in [-0.2, 0) is 16.0 Å². The van der Waals surface area contributed by atoms with Crippen LogP contribution < -0.4 is 0 Å². The van der Waals surface area contributed by atoms with Gasteiger partial charge in [-0.15, -0.1) is 0 Å². The van der Waals surface area contributed by atoms with Crippen molar-refractivity contribution in [1.82, 2.24) is 0 Å². The fourth-order valence-corrected chi connectivity index (χ4v) is 2.14. The van der Waals surface area contributed by atoms with Gasteiger partial charge < -0.3 is 4.74 Å². The number of carbonyl (C=O) groups excluding carboxylic acids is 1. The zero-order valence-electron chi connectivity index (χ0n) is 11.8. The monoisotopic (exact) mass is 266 g/mol. The summed E-state index contributed by atoms with van der Waals surface area (Å²) in [5.41, 5.74) is 3.80. The molecular weight excluding hydrogens is 248 g/mol. The van der Waals surface area contributed by atoms with Crippen LogP contribution in [0.25, 0.3) is 5.57 Å². The minimum Gasteiger partial charge on any atom is -0.466 e. The zero-order valence-corrected chi connectivity index (χ0v) is 11.8. The van der Waals surface area contributed by atoms with E-state index < -0.39 is 0 Å². The van der Waals surface area contributed by atoms with Crippen molar-refractivity contribution in [3.8, 4) is 0 Å². The lowest BCUT2D eigenvalue weighted by atomic mass is 9.96. The molecule has 2 nitrogen and oxygen atoms in total. The van der Waals surface area contributed by atoms with E-state index in [-0.39, 0.29) is 5.97 Å². The van der Waals surface area contributed by atoms with Crippen molar-refractivity contribution in [2.75, 3.05) is 7.11 Å². The summed E-state index contributed by atoms with van der Waals surface area (Å²) in [6.45, 7) is 1.96. The number of methoxy groups -OCH3 is 1. The molecule has 0 atom stereocenters. The molecule has 0 unspecified atom stereocenters. The molecule has 0 aromatic heterocycles. The molecule has 0 bridgehead atoms. The minimum absolute atomic E-state index is 0.268. The Morgan fingerprint density at radius 2 is 1.50 bits per heavy atom. The smallest absolute Gasteiger partial charge is 0.334 e. The number of rotatable bonds is 4. The molecule has 102 valence electrons. The highest BCUT2D eigenvalue weighted by atomic mass is 16.5.